The number of rotatable bonds is 6. The number of alkyl halides is 1. The summed E-state index contributed by atoms with van der Waals surface area (Å²) >= 11 is 9.29. The number of halogens is 2. The summed E-state index contributed by atoms with van der Waals surface area (Å²) in [6, 6.07) is 2.00. The van der Waals surface area contributed by atoms with Gasteiger partial charge in [0.25, 0.3) is 0 Å². The zero-order chi connectivity index (χ0) is 12.0. The van der Waals surface area contributed by atoms with Gasteiger partial charge in [-0.15, -0.1) is 11.6 Å². The van der Waals surface area contributed by atoms with Gasteiger partial charge in [-0.25, -0.2) is 4.98 Å². The molecule has 0 saturated heterocycles. The van der Waals surface area contributed by atoms with Crippen LogP contribution in [-0.4, -0.2) is 32.3 Å². The lowest BCUT2D eigenvalue weighted by molar-refractivity contribution is 0.196. The van der Waals surface area contributed by atoms with Gasteiger partial charge in [-0.3, -0.25) is 0 Å². The summed E-state index contributed by atoms with van der Waals surface area (Å²) in [6.45, 7) is 1.67. The molecule has 0 atom stereocenters. The van der Waals surface area contributed by atoms with Gasteiger partial charge in [0.1, 0.15) is 5.82 Å². The van der Waals surface area contributed by atoms with Crippen LogP contribution in [0.3, 0.4) is 0 Å². The number of nitrogens with zero attached hydrogens (tertiary/aromatic N) is 2. The Morgan fingerprint density at radius 3 is 2.94 bits per heavy atom. The van der Waals surface area contributed by atoms with Crippen molar-refractivity contribution in [2.75, 3.05) is 32.2 Å². The molecule has 0 unspecified atom stereocenters. The van der Waals surface area contributed by atoms with E-state index in [9.17, 15) is 0 Å². The topological polar surface area (TPSA) is 25.4 Å². The van der Waals surface area contributed by atoms with Gasteiger partial charge in [-0.1, -0.05) is 0 Å². The fourth-order valence-corrected chi connectivity index (χ4v) is 2.04. The van der Waals surface area contributed by atoms with Crippen LogP contribution in [0.2, 0.25) is 0 Å². The molecule has 0 N–H and O–H groups in total. The van der Waals surface area contributed by atoms with E-state index in [4.69, 9.17) is 16.3 Å². The Morgan fingerprint density at radius 1 is 1.56 bits per heavy atom. The van der Waals surface area contributed by atoms with Gasteiger partial charge in [0, 0.05) is 43.5 Å². The van der Waals surface area contributed by atoms with Crippen molar-refractivity contribution >= 4 is 33.3 Å². The SMILES string of the molecule is COCCCN(C)c1ncc(Br)cc1CCl. The van der Waals surface area contributed by atoms with Crippen molar-refractivity contribution in [1.82, 2.24) is 4.98 Å². The van der Waals surface area contributed by atoms with Crippen LogP contribution in [-0.2, 0) is 10.6 Å². The third kappa shape index (κ3) is 3.92. The summed E-state index contributed by atoms with van der Waals surface area (Å²) < 4.78 is 5.98. The van der Waals surface area contributed by atoms with Gasteiger partial charge in [-0.2, -0.15) is 0 Å². The van der Waals surface area contributed by atoms with Crippen LogP contribution in [0.1, 0.15) is 12.0 Å². The number of aromatic nitrogens is 1. The highest BCUT2D eigenvalue weighted by molar-refractivity contribution is 9.10. The van der Waals surface area contributed by atoms with Gasteiger partial charge >= 0.3 is 0 Å². The van der Waals surface area contributed by atoms with Gasteiger partial charge in [0.05, 0.1) is 5.88 Å². The number of ether oxygens (including phenoxy) is 1. The Morgan fingerprint density at radius 2 is 2.31 bits per heavy atom. The Bertz CT molecular complexity index is 336. The molecule has 1 heterocycles. The first kappa shape index (κ1) is 13.7. The van der Waals surface area contributed by atoms with Crippen molar-refractivity contribution in [2.45, 2.75) is 12.3 Å². The van der Waals surface area contributed by atoms with Crippen LogP contribution in [0.25, 0.3) is 0 Å². The minimum absolute atomic E-state index is 0.469. The van der Waals surface area contributed by atoms with E-state index in [1.807, 2.05) is 13.1 Å². The zero-order valence-corrected chi connectivity index (χ0v) is 11.9. The van der Waals surface area contributed by atoms with E-state index in [2.05, 4.69) is 25.8 Å². The molecule has 16 heavy (non-hydrogen) atoms. The zero-order valence-electron chi connectivity index (χ0n) is 9.54. The summed E-state index contributed by atoms with van der Waals surface area (Å²) in [4.78, 5) is 6.48. The molecule has 3 nitrogen and oxygen atoms in total. The Kier molecular flexibility index (Phi) is 6.09. The maximum absolute atomic E-state index is 5.90. The van der Waals surface area contributed by atoms with Crippen molar-refractivity contribution in [3.63, 3.8) is 0 Å². The largest absolute Gasteiger partial charge is 0.385 e. The highest BCUT2D eigenvalue weighted by Crippen LogP contribution is 2.22. The predicted molar refractivity (Wildman–Crippen MR) is 71.3 cm³/mol. The predicted octanol–water partition coefficient (Wildman–Crippen LogP) is 3.06. The molecule has 0 bridgehead atoms. The van der Waals surface area contributed by atoms with Gasteiger partial charge in [0.2, 0.25) is 0 Å². The van der Waals surface area contributed by atoms with Crippen LogP contribution in [0.5, 0.6) is 0 Å². The van der Waals surface area contributed by atoms with Crippen molar-refractivity contribution in [2.24, 2.45) is 0 Å². The summed E-state index contributed by atoms with van der Waals surface area (Å²) in [5, 5.41) is 0. The van der Waals surface area contributed by atoms with Gasteiger partial charge in [0.15, 0.2) is 0 Å². The van der Waals surface area contributed by atoms with Crippen LogP contribution in [0, 0.1) is 0 Å². The van der Waals surface area contributed by atoms with E-state index in [1.54, 1.807) is 13.3 Å². The monoisotopic (exact) mass is 306 g/mol. The molecule has 1 rings (SSSR count). The van der Waals surface area contributed by atoms with Crippen LogP contribution >= 0.6 is 27.5 Å². The van der Waals surface area contributed by atoms with Crippen LogP contribution < -0.4 is 4.90 Å². The van der Waals surface area contributed by atoms with Gasteiger partial charge < -0.3 is 9.64 Å². The Balaban J connectivity index is 2.70. The lowest BCUT2D eigenvalue weighted by atomic mass is 10.2. The summed E-state index contributed by atoms with van der Waals surface area (Å²) in [7, 11) is 3.73. The molecule has 1 aromatic heterocycles. The molecule has 0 aliphatic rings. The first-order chi connectivity index (χ1) is 7.69. The molecule has 0 radical (unpaired) electrons. The lowest BCUT2D eigenvalue weighted by Gasteiger charge is -2.20. The van der Waals surface area contributed by atoms with Crippen molar-refractivity contribution in [3.8, 4) is 0 Å². The van der Waals surface area contributed by atoms with Crippen LogP contribution in [0.15, 0.2) is 16.7 Å². The third-order valence-electron chi connectivity index (χ3n) is 2.26. The number of hydrogen-bond donors (Lipinski definition) is 0. The molecular formula is C11H16BrClN2O. The molecular weight excluding hydrogens is 291 g/mol. The van der Waals surface area contributed by atoms with E-state index in [1.165, 1.54) is 0 Å². The second-order valence-electron chi connectivity index (χ2n) is 3.54. The smallest absolute Gasteiger partial charge is 0.132 e. The molecule has 90 valence electrons. The summed E-state index contributed by atoms with van der Waals surface area (Å²) in [5.74, 6) is 1.41. The maximum atomic E-state index is 5.90. The molecule has 0 aliphatic heterocycles. The van der Waals surface area contributed by atoms with E-state index >= 15 is 0 Å². The minimum Gasteiger partial charge on any atom is -0.385 e. The first-order valence-corrected chi connectivity index (χ1v) is 6.42. The normalized spacial score (nSPS) is 10.5. The van der Waals surface area contributed by atoms with Crippen molar-refractivity contribution in [1.29, 1.82) is 0 Å². The maximum Gasteiger partial charge on any atom is 0.132 e. The van der Waals surface area contributed by atoms with Crippen LogP contribution in [0.4, 0.5) is 5.82 Å². The number of anilines is 1. The average molecular weight is 308 g/mol. The Hall–Kier alpha value is -0.320. The van der Waals surface area contributed by atoms with Crippen molar-refractivity contribution in [3.05, 3.63) is 22.3 Å². The molecule has 0 saturated carbocycles. The van der Waals surface area contributed by atoms with E-state index < -0.39 is 0 Å². The highest BCUT2D eigenvalue weighted by atomic mass is 79.9. The Labute approximate surface area is 110 Å². The third-order valence-corrected chi connectivity index (χ3v) is 2.98. The fraction of sp³-hybridized carbons (Fsp3) is 0.545. The second-order valence-corrected chi connectivity index (χ2v) is 4.72. The molecule has 0 aliphatic carbocycles. The number of pyridine rings is 1. The second kappa shape index (κ2) is 7.09. The summed E-state index contributed by atoms with van der Waals surface area (Å²) in [6.07, 6.45) is 2.77. The molecule has 0 fully saturated rings. The van der Waals surface area contributed by atoms with Gasteiger partial charge in [-0.05, 0) is 28.4 Å². The average Bonchev–Trinajstić information content (AvgIpc) is 2.29. The number of hydrogen-bond acceptors (Lipinski definition) is 3. The van der Waals surface area contributed by atoms with E-state index in [-0.39, 0.29) is 0 Å². The lowest BCUT2D eigenvalue weighted by Crippen LogP contribution is -2.22. The molecule has 0 spiro atoms. The molecule has 0 amide bonds. The molecule has 5 heteroatoms. The summed E-state index contributed by atoms with van der Waals surface area (Å²) in [5.41, 5.74) is 1.04. The quantitative estimate of drug-likeness (QED) is 0.596. The standard InChI is InChI=1S/C11H16BrClN2O/c1-15(4-3-5-16-2)11-9(7-13)6-10(12)8-14-11/h6,8H,3-5,7H2,1-2H3. The van der Waals surface area contributed by atoms with Crippen molar-refractivity contribution < 1.29 is 4.74 Å². The van der Waals surface area contributed by atoms with E-state index in [0.29, 0.717) is 5.88 Å². The highest BCUT2D eigenvalue weighted by Gasteiger charge is 2.08. The minimum atomic E-state index is 0.469. The molecule has 1 aromatic rings. The van der Waals surface area contributed by atoms with E-state index in [0.717, 1.165) is 35.4 Å². The fourth-order valence-electron chi connectivity index (χ4n) is 1.47. The molecule has 0 aromatic carbocycles. The number of methoxy groups -OCH3 is 1. The first-order valence-electron chi connectivity index (χ1n) is 5.09.